The van der Waals surface area contributed by atoms with Crippen molar-refractivity contribution in [1.82, 2.24) is 10.3 Å². The van der Waals surface area contributed by atoms with Crippen molar-refractivity contribution in [1.29, 1.82) is 0 Å². The van der Waals surface area contributed by atoms with Crippen molar-refractivity contribution in [3.8, 4) is 0 Å². The maximum atomic E-state index is 11.8. The fourth-order valence-electron chi connectivity index (χ4n) is 1.68. The molecule has 0 atom stereocenters. The monoisotopic (exact) mass is 246 g/mol. The highest BCUT2D eigenvalue weighted by molar-refractivity contribution is 5.97. The predicted octanol–water partition coefficient (Wildman–Crippen LogP) is 0.904. The number of carbonyl (C=O) groups excluding carboxylic acids is 1. The van der Waals surface area contributed by atoms with E-state index in [0.717, 1.165) is 10.9 Å². The minimum absolute atomic E-state index is 0.116. The summed E-state index contributed by atoms with van der Waals surface area (Å²) in [5.74, 6) is -0.390. The van der Waals surface area contributed by atoms with Crippen LogP contribution in [0.15, 0.2) is 35.1 Å². The third-order valence-corrected chi connectivity index (χ3v) is 2.59. The van der Waals surface area contributed by atoms with Crippen LogP contribution in [0, 0.1) is 0 Å². The molecular weight excluding hydrogens is 232 g/mol. The van der Waals surface area contributed by atoms with E-state index in [9.17, 15) is 9.59 Å². The number of fused-ring (bicyclic) bond motifs is 1. The summed E-state index contributed by atoms with van der Waals surface area (Å²) in [7, 11) is 1.55. The van der Waals surface area contributed by atoms with Gasteiger partial charge in [-0.1, -0.05) is 18.2 Å². The molecular formula is C13H14N2O3. The second-order valence-electron chi connectivity index (χ2n) is 3.85. The normalized spacial score (nSPS) is 10.5. The van der Waals surface area contributed by atoms with Crippen LogP contribution in [0.5, 0.6) is 0 Å². The number of nitrogens with one attached hydrogen (secondary N) is 2. The number of methoxy groups -OCH3 is 1. The first-order valence-corrected chi connectivity index (χ1v) is 5.61. The van der Waals surface area contributed by atoms with Gasteiger partial charge in [0.05, 0.1) is 6.61 Å². The number of hydrogen-bond donors (Lipinski definition) is 2. The number of ether oxygens (including phenoxy) is 1. The fourth-order valence-corrected chi connectivity index (χ4v) is 1.68. The van der Waals surface area contributed by atoms with Gasteiger partial charge in [0, 0.05) is 19.2 Å². The van der Waals surface area contributed by atoms with Crippen LogP contribution in [0.1, 0.15) is 10.4 Å². The number of para-hydroxylation sites is 1. The summed E-state index contributed by atoms with van der Waals surface area (Å²) >= 11 is 0. The molecule has 1 amide bonds. The molecule has 1 aromatic carbocycles. The van der Waals surface area contributed by atoms with Crippen LogP contribution >= 0.6 is 0 Å². The van der Waals surface area contributed by atoms with Gasteiger partial charge in [0.25, 0.3) is 11.5 Å². The number of carbonyl (C=O) groups is 1. The number of pyridine rings is 1. The van der Waals surface area contributed by atoms with Crippen LogP contribution in [0.3, 0.4) is 0 Å². The molecule has 2 N–H and O–H groups in total. The van der Waals surface area contributed by atoms with Crippen LogP contribution in [0.25, 0.3) is 10.9 Å². The Bertz CT molecular complexity index is 619. The molecule has 2 rings (SSSR count). The van der Waals surface area contributed by atoms with Crippen molar-refractivity contribution in [2.75, 3.05) is 20.3 Å². The largest absolute Gasteiger partial charge is 0.383 e. The quantitative estimate of drug-likeness (QED) is 0.787. The predicted molar refractivity (Wildman–Crippen MR) is 68.8 cm³/mol. The van der Waals surface area contributed by atoms with Crippen LogP contribution in [-0.2, 0) is 4.74 Å². The molecule has 1 aromatic heterocycles. The molecule has 0 saturated carbocycles. The first kappa shape index (κ1) is 12.3. The number of rotatable bonds is 4. The average Bonchev–Trinajstić information content (AvgIpc) is 2.38. The van der Waals surface area contributed by atoms with E-state index in [1.165, 1.54) is 0 Å². The van der Waals surface area contributed by atoms with Crippen molar-refractivity contribution >= 4 is 16.8 Å². The Morgan fingerprint density at radius 3 is 2.94 bits per heavy atom. The van der Waals surface area contributed by atoms with Crippen LogP contribution in [0.2, 0.25) is 0 Å². The molecule has 0 unspecified atom stereocenters. The van der Waals surface area contributed by atoms with E-state index in [-0.39, 0.29) is 17.0 Å². The highest BCUT2D eigenvalue weighted by atomic mass is 16.5. The minimum atomic E-state index is -0.390. The highest BCUT2D eigenvalue weighted by Crippen LogP contribution is 2.09. The zero-order valence-electron chi connectivity index (χ0n) is 10.0. The summed E-state index contributed by atoms with van der Waals surface area (Å²) in [6, 6.07) is 8.92. The lowest BCUT2D eigenvalue weighted by molar-refractivity contribution is 0.0936. The van der Waals surface area contributed by atoms with E-state index in [1.54, 1.807) is 19.2 Å². The van der Waals surface area contributed by atoms with Gasteiger partial charge in [-0.3, -0.25) is 9.59 Å². The summed E-state index contributed by atoms with van der Waals surface area (Å²) in [5.41, 5.74) is 0.448. The number of aromatic nitrogens is 1. The Labute approximate surface area is 104 Å². The number of aromatic amines is 1. The lowest BCUT2D eigenvalue weighted by Crippen LogP contribution is -2.31. The highest BCUT2D eigenvalue weighted by Gasteiger charge is 2.10. The lowest BCUT2D eigenvalue weighted by atomic mass is 10.1. The zero-order chi connectivity index (χ0) is 13.0. The Morgan fingerprint density at radius 2 is 2.17 bits per heavy atom. The van der Waals surface area contributed by atoms with Gasteiger partial charge in [-0.05, 0) is 17.5 Å². The van der Waals surface area contributed by atoms with Crippen LogP contribution in [-0.4, -0.2) is 31.2 Å². The molecule has 5 heteroatoms. The maximum Gasteiger partial charge on any atom is 0.261 e. The standard InChI is InChI=1S/C13H14N2O3/c1-18-7-6-14-12(16)10-8-9-4-2-3-5-11(9)15-13(10)17/h2-5,8H,6-7H2,1H3,(H,14,16)(H,15,17). The van der Waals surface area contributed by atoms with Crippen molar-refractivity contribution in [2.45, 2.75) is 0 Å². The van der Waals surface area contributed by atoms with Gasteiger partial charge in [-0.25, -0.2) is 0 Å². The fraction of sp³-hybridized carbons (Fsp3) is 0.231. The van der Waals surface area contributed by atoms with Crippen LogP contribution < -0.4 is 10.9 Å². The molecule has 0 aliphatic carbocycles. The van der Waals surface area contributed by atoms with Crippen molar-refractivity contribution in [3.05, 3.63) is 46.2 Å². The van der Waals surface area contributed by atoms with E-state index < -0.39 is 0 Å². The van der Waals surface area contributed by atoms with Crippen molar-refractivity contribution in [3.63, 3.8) is 0 Å². The van der Waals surface area contributed by atoms with E-state index in [2.05, 4.69) is 10.3 Å². The number of H-pyrrole nitrogens is 1. The summed E-state index contributed by atoms with van der Waals surface area (Å²) in [6.07, 6.45) is 0. The summed E-state index contributed by atoms with van der Waals surface area (Å²) < 4.78 is 4.83. The van der Waals surface area contributed by atoms with Gasteiger partial charge >= 0.3 is 0 Å². The smallest absolute Gasteiger partial charge is 0.261 e. The summed E-state index contributed by atoms with van der Waals surface area (Å²) in [4.78, 5) is 26.2. The third-order valence-electron chi connectivity index (χ3n) is 2.59. The number of amides is 1. The first-order chi connectivity index (χ1) is 8.72. The molecule has 94 valence electrons. The third kappa shape index (κ3) is 2.57. The second-order valence-corrected chi connectivity index (χ2v) is 3.85. The molecule has 0 radical (unpaired) electrons. The zero-order valence-corrected chi connectivity index (χ0v) is 10.0. The molecule has 18 heavy (non-hydrogen) atoms. The van der Waals surface area contributed by atoms with Gasteiger partial charge < -0.3 is 15.0 Å². The Balaban J connectivity index is 2.30. The van der Waals surface area contributed by atoms with Gasteiger partial charge in [0.1, 0.15) is 5.56 Å². The van der Waals surface area contributed by atoms with E-state index in [0.29, 0.717) is 13.2 Å². The molecule has 0 aliphatic heterocycles. The van der Waals surface area contributed by atoms with Crippen molar-refractivity contribution < 1.29 is 9.53 Å². The molecule has 0 bridgehead atoms. The first-order valence-electron chi connectivity index (χ1n) is 5.61. The maximum absolute atomic E-state index is 11.8. The summed E-state index contributed by atoms with van der Waals surface area (Å²) in [6.45, 7) is 0.791. The molecule has 1 heterocycles. The number of hydrogen-bond acceptors (Lipinski definition) is 3. The molecule has 5 nitrogen and oxygen atoms in total. The molecule has 0 fully saturated rings. The molecule has 2 aromatic rings. The molecule has 0 saturated heterocycles. The Hall–Kier alpha value is -2.14. The minimum Gasteiger partial charge on any atom is -0.383 e. The van der Waals surface area contributed by atoms with E-state index >= 15 is 0 Å². The summed E-state index contributed by atoms with van der Waals surface area (Å²) in [5, 5.41) is 3.45. The SMILES string of the molecule is COCCNC(=O)c1cc2ccccc2[nH]c1=O. The average molecular weight is 246 g/mol. The Morgan fingerprint density at radius 1 is 1.39 bits per heavy atom. The lowest BCUT2D eigenvalue weighted by Gasteiger charge is -2.05. The van der Waals surface area contributed by atoms with E-state index in [4.69, 9.17) is 4.74 Å². The van der Waals surface area contributed by atoms with Crippen molar-refractivity contribution in [2.24, 2.45) is 0 Å². The van der Waals surface area contributed by atoms with E-state index in [1.807, 2.05) is 18.2 Å². The molecule has 0 spiro atoms. The van der Waals surface area contributed by atoms with Gasteiger partial charge in [0.2, 0.25) is 0 Å². The number of benzene rings is 1. The molecule has 0 aliphatic rings. The van der Waals surface area contributed by atoms with Gasteiger partial charge in [0.15, 0.2) is 0 Å². The second kappa shape index (κ2) is 5.46. The van der Waals surface area contributed by atoms with Gasteiger partial charge in [-0.2, -0.15) is 0 Å². The topological polar surface area (TPSA) is 71.2 Å². The van der Waals surface area contributed by atoms with Gasteiger partial charge in [-0.15, -0.1) is 0 Å². The van der Waals surface area contributed by atoms with Crippen LogP contribution in [0.4, 0.5) is 0 Å². The Kier molecular flexibility index (Phi) is 3.74.